The number of ether oxygens (including phenoxy) is 3. The van der Waals surface area contributed by atoms with E-state index in [1.165, 1.54) is 30.1 Å². The van der Waals surface area contributed by atoms with Crippen LogP contribution in [0.25, 0.3) is 6.08 Å². The molecule has 0 amide bonds. The van der Waals surface area contributed by atoms with Gasteiger partial charge in [0.1, 0.15) is 24.1 Å². The maximum atomic E-state index is 14.0. The molecule has 40 heavy (non-hydrogen) atoms. The number of aromatic nitrogens is 1. The van der Waals surface area contributed by atoms with Crippen LogP contribution in [0.1, 0.15) is 29.7 Å². The van der Waals surface area contributed by atoms with Crippen molar-refractivity contribution in [2.24, 2.45) is 4.99 Å². The van der Waals surface area contributed by atoms with Gasteiger partial charge in [-0.1, -0.05) is 64.9 Å². The van der Waals surface area contributed by atoms with Crippen LogP contribution >= 0.6 is 34.5 Å². The van der Waals surface area contributed by atoms with Crippen LogP contribution in [0, 0.1) is 0 Å². The number of esters is 1. The van der Waals surface area contributed by atoms with Gasteiger partial charge in [-0.25, -0.2) is 9.79 Å². The average molecular weight is 596 g/mol. The van der Waals surface area contributed by atoms with Gasteiger partial charge in [0.05, 0.1) is 30.0 Å². The number of para-hydroxylation sites is 1. The highest BCUT2D eigenvalue weighted by Crippen LogP contribution is 2.37. The summed E-state index contributed by atoms with van der Waals surface area (Å²) >= 11 is 13.6. The molecule has 0 spiro atoms. The molecule has 2 heterocycles. The molecule has 0 N–H and O–H groups in total. The van der Waals surface area contributed by atoms with Crippen LogP contribution in [0.15, 0.2) is 87.8 Å². The van der Waals surface area contributed by atoms with Crippen molar-refractivity contribution in [1.29, 1.82) is 0 Å². The summed E-state index contributed by atoms with van der Waals surface area (Å²) in [5.41, 5.74) is 2.58. The number of hydrogen-bond acceptors (Lipinski definition) is 7. The fraction of sp³-hybridized carbons (Fsp3) is 0.167. The first kappa shape index (κ1) is 27.7. The van der Waals surface area contributed by atoms with Gasteiger partial charge in [-0.15, -0.1) is 0 Å². The van der Waals surface area contributed by atoms with Gasteiger partial charge < -0.3 is 14.2 Å². The molecular formula is C30H24Cl2N2O5S. The molecule has 4 aromatic rings. The molecule has 0 bridgehead atoms. The Balaban J connectivity index is 1.63. The molecule has 1 aromatic heterocycles. The third-order valence-corrected chi connectivity index (χ3v) is 7.90. The zero-order valence-electron chi connectivity index (χ0n) is 21.8. The second-order valence-corrected chi connectivity index (χ2v) is 10.8. The predicted octanol–water partition coefficient (Wildman–Crippen LogP) is 5.30. The van der Waals surface area contributed by atoms with E-state index >= 15 is 0 Å². The van der Waals surface area contributed by atoms with E-state index in [1.807, 2.05) is 48.5 Å². The lowest BCUT2D eigenvalue weighted by Crippen LogP contribution is -2.40. The summed E-state index contributed by atoms with van der Waals surface area (Å²) in [5.74, 6) is 0.493. The lowest BCUT2D eigenvalue weighted by Gasteiger charge is -2.25. The Kier molecular flexibility index (Phi) is 8.12. The molecule has 0 fully saturated rings. The Hall–Kier alpha value is -3.85. The molecule has 10 heteroatoms. The van der Waals surface area contributed by atoms with Crippen molar-refractivity contribution >= 4 is 46.6 Å². The number of thiazole rings is 1. The molecule has 1 aliphatic heterocycles. The van der Waals surface area contributed by atoms with Crippen molar-refractivity contribution in [1.82, 2.24) is 4.57 Å². The Morgan fingerprint density at radius 3 is 2.48 bits per heavy atom. The SMILES string of the molecule is COC(=O)C1=C(C)N=c2s/c(=C\c3ccccc3OCc3ccc(Cl)cc3)c(=O)n2[C@@H]1c1cc(Cl)ccc1OC. The van der Waals surface area contributed by atoms with Gasteiger partial charge in [-0.3, -0.25) is 9.36 Å². The molecule has 5 rings (SSSR count). The van der Waals surface area contributed by atoms with Gasteiger partial charge in [0.2, 0.25) is 0 Å². The summed E-state index contributed by atoms with van der Waals surface area (Å²) in [4.78, 5) is 32.0. The van der Waals surface area contributed by atoms with E-state index < -0.39 is 12.0 Å². The van der Waals surface area contributed by atoms with Crippen LogP contribution in [0.5, 0.6) is 11.5 Å². The number of rotatable bonds is 7. The monoisotopic (exact) mass is 594 g/mol. The zero-order chi connectivity index (χ0) is 28.4. The van der Waals surface area contributed by atoms with Gasteiger partial charge in [-0.2, -0.15) is 0 Å². The smallest absolute Gasteiger partial charge is 0.338 e. The van der Waals surface area contributed by atoms with E-state index in [9.17, 15) is 9.59 Å². The molecule has 3 aromatic carbocycles. The topological polar surface area (TPSA) is 79.1 Å². The van der Waals surface area contributed by atoms with Gasteiger partial charge in [-0.05, 0) is 55.0 Å². The summed E-state index contributed by atoms with van der Waals surface area (Å²) in [6.45, 7) is 2.05. The summed E-state index contributed by atoms with van der Waals surface area (Å²) in [7, 11) is 2.81. The lowest BCUT2D eigenvalue weighted by atomic mass is 9.95. The third-order valence-electron chi connectivity index (χ3n) is 6.43. The maximum Gasteiger partial charge on any atom is 0.338 e. The highest BCUT2D eigenvalue weighted by Gasteiger charge is 2.35. The Bertz CT molecular complexity index is 1810. The second kappa shape index (κ2) is 11.7. The quantitative estimate of drug-likeness (QED) is 0.271. The highest BCUT2D eigenvalue weighted by molar-refractivity contribution is 7.07. The number of halogens is 2. The summed E-state index contributed by atoms with van der Waals surface area (Å²) in [6.07, 6.45) is 1.77. The molecule has 0 saturated carbocycles. The minimum Gasteiger partial charge on any atom is -0.496 e. The zero-order valence-corrected chi connectivity index (χ0v) is 24.1. The maximum absolute atomic E-state index is 14.0. The van der Waals surface area contributed by atoms with Crippen molar-refractivity contribution in [3.05, 3.63) is 124 Å². The lowest BCUT2D eigenvalue weighted by molar-refractivity contribution is -0.136. The second-order valence-electron chi connectivity index (χ2n) is 8.91. The summed E-state index contributed by atoms with van der Waals surface area (Å²) in [5, 5.41) is 1.09. The standard InChI is InChI=1S/C30H24Cl2N2O5S/c1-17-26(29(36)38-3)27(22-15-21(32)12-13-24(22)37-2)34-28(35)25(40-30(34)33-17)14-19-6-4-5-7-23(19)39-16-18-8-10-20(31)11-9-18/h4-15,27H,16H2,1-3H3/b25-14-/t27-/m1/s1. The minimum atomic E-state index is -0.851. The number of benzene rings is 3. The first-order valence-electron chi connectivity index (χ1n) is 12.2. The van der Waals surface area contributed by atoms with Crippen LogP contribution in [-0.2, 0) is 16.1 Å². The van der Waals surface area contributed by atoms with Crippen LogP contribution in [0.2, 0.25) is 10.0 Å². The number of fused-ring (bicyclic) bond motifs is 1. The van der Waals surface area contributed by atoms with E-state index in [0.717, 1.165) is 11.1 Å². The number of nitrogens with zero attached hydrogens (tertiary/aromatic N) is 2. The van der Waals surface area contributed by atoms with Gasteiger partial charge >= 0.3 is 5.97 Å². The van der Waals surface area contributed by atoms with Crippen LogP contribution < -0.4 is 24.4 Å². The molecule has 7 nitrogen and oxygen atoms in total. The Morgan fingerprint density at radius 1 is 1.02 bits per heavy atom. The largest absolute Gasteiger partial charge is 0.496 e. The Morgan fingerprint density at radius 2 is 1.75 bits per heavy atom. The van der Waals surface area contributed by atoms with Crippen molar-refractivity contribution < 1.29 is 19.0 Å². The van der Waals surface area contributed by atoms with Crippen molar-refractivity contribution in [3.8, 4) is 11.5 Å². The average Bonchev–Trinajstić information content (AvgIpc) is 3.26. The fourth-order valence-electron chi connectivity index (χ4n) is 4.52. The van der Waals surface area contributed by atoms with Gasteiger partial charge in [0.15, 0.2) is 4.80 Å². The highest BCUT2D eigenvalue weighted by atomic mass is 35.5. The summed E-state index contributed by atoms with van der Waals surface area (Å²) < 4.78 is 18.7. The van der Waals surface area contributed by atoms with Gasteiger partial charge in [0.25, 0.3) is 5.56 Å². The first-order chi connectivity index (χ1) is 19.3. The Labute approximate surface area is 244 Å². The van der Waals surface area contributed by atoms with E-state index in [1.54, 1.807) is 31.2 Å². The molecule has 0 unspecified atom stereocenters. The molecular weight excluding hydrogens is 571 g/mol. The minimum absolute atomic E-state index is 0.230. The van der Waals surface area contributed by atoms with E-state index in [2.05, 4.69) is 4.99 Å². The molecule has 204 valence electrons. The third kappa shape index (κ3) is 5.43. The van der Waals surface area contributed by atoms with Gasteiger partial charge in [0, 0.05) is 21.2 Å². The fourth-order valence-corrected chi connectivity index (χ4v) is 5.86. The van der Waals surface area contributed by atoms with Crippen molar-refractivity contribution in [2.45, 2.75) is 19.6 Å². The molecule has 0 aliphatic carbocycles. The number of carbonyl (C=O) groups is 1. The summed E-state index contributed by atoms with van der Waals surface area (Å²) in [6, 6.07) is 19.1. The van der Waals surface area contributed by atoms with Crippen LogP contribution in [-0.4, -0.2) is 24.8 Å². The normalized spacial score (nSPS) is 14.9. The first-order valence-corrected chi connectivity index (χ1v) is 13.8. The number of allylic oxidation sites excluding steroid dienone is 1. The molecule has 1 aliphatic rings. The van der Waals surface area contributed by atoms with Crippen LogP contribution in [0.3, 0.4) is 0 Å². The molecule has 1 atom stereocenters. The van der Waals surface area contributed by atoms with E-state index in [0.29, 0.717) is 48.7 Å². The molecule has 0 saturated heterocycles. The van der Waals surface area contributed by atoms with E-state index in [4.69, 9.17) is 37.4 Å². The van der Waals surface area contributed by atoms with Crippen molar-refractivity contribution in [2.75, 3.05) is 14.2 Å². The molecule has 0 radical (unpaired) electrons. The number of hydrogen-bond donors (Lipinski definition) is 0. The number of carbonyl (C=O) groups excluding carboxylic acids is 1. The number of methoxy groups -OCH3 is 2. The van der Waals surface area contributed by atoms with Crippen molar-refractivity contribution in [3.63, 3.8) is 0 Å². The predicted molar refractivity (Wildman–Crippen MR) is 156 cm³/mol. The van der Waals surface area contributed by atoms with E-state index in [-0.39, 0.29) is 11.1 Å². The van der Waals surface area contributed by atoms with Crippen LogP contribution in [0.4, 0.5) is 0 Å².